The van der Waals surface area contributed by atoms with Gasteiger partial charge in [-0.25, -0.2) is 14.6 Å². The Balaban J connectivity index is 1.43. The van der Waals surface area contributed by atoms with Crippen LogP contribution in [-0.2, 0) is 16.0 Å². The van der Waals surface area contributed by atoms with Crippen LogP contribution in [0.25, 0.3) is 21.9 Å². The van der Waals surface area contributed by atoms with Gasteiger partial charge in [-0.3, -0.25) is 14.4 Å². The van der Waals surface area contributed by atoms with Crippen LogP contribution in [0.15, 0.2) is 42.6 Å². The van der Waals surface area contributed by atoms with E-state index in [-0.39, 0.29) is 35.8 Å². The van der Waals surface area contributed by atoms with Crippen molar-refractivity contribution in [2.75, 3.05) is 13.7 Å². The highest BCUT2D eigenvalue weighted by atomic mass is 16.5. The van der Waals surface area contributed by atoms with Crippen LogP contribution >= 0.6 is 0 Å². The summed E-state index contributed by atoms with van der Waals surface area (Å²) in [6.07, 6.45) is 4.26. The number of aromatic amines is 1. The first-order valence-corrected chi connectivity index (χ1v) is 15.8. The van der Waals surface area contributed by atoms with E-state index >= 15 is 0 Å². The highest BCUT2D eigenvalue weighted by Gasteiger charge is 2.35. The fraction of sp³-hybridized carbons (Fsp3) is 0.444. The SMILES string of the molecule is [C-]#[N+]c1cn2[nH]c(-c3ccc(OC)c(Cc4cc(C)ccc4OCCC(C)C(=O)O)c3)nc2c1C(=O)OC1C(C)CC(C)CC1C. The number of H-pyrrole nitrogens is 1. The van der Waals surface area contributed by atoms with Crippen molar-refractivity contribution in [3.05, 3.63) is 76.3 Å². The molecule has 46 heavy (non-hydrogen) atoms. The number of carboxylic acids is 1. The van der Waals surface area contributed by atoms with Gasteiger partial charge in [0.25, 0.3) is 0 Å². The maximum Gasteiger partial charge on any atom is 0.331 e. The molecule has 1 fully saturated rings. The number of hydrogen-bond acceptors (Lipinski definition) is 6. The zero-order valence-electron chi connectivity index (χ0n) is 27.3. The van der Waals surface area contributed by atoms with Crippen molar-refractivity contribution in [2.24, 2.45) is 23.7 Å². The molecular weight excluding hydrogens is 584 g/mol. The lowest BCUT2D eigenvalue weighted by molar-refractivity contribution is -0.141. The fourth-order valence-electron chi connectivity index (χ4n) is 6.67. The molecule has 2 aromatic carbocycles. The molecule has 0 spiro atoms. The minimum absolute atomic E-state index is 0.169. The van der Waals surface area contributed by atoms with E-state index in [1.54, 1.807) is 24.7 Å². The van der Waals surface area contributed by atoms with Gasteiger partial charge in [-0.05, 0) is 79.3 Å². The number of aromatic nitrogens is 3. The highest BCUT2D eigenvalue weighted by molar-refractivity contribution is 6.03. The molecular formula is C36H42N4O6. The third-order valence-electron chi connectivity index (χ3n) is 9.02. The van der Waals surface area contributed by atoms with Crippen molar-refractivity contribution in [3.63, 3.8) is 0 Å². The summed E-state index contributed by atoms with van der Waals surface area (Å²) in [6, 6.07) is 11.7. The molecule has 10 nitrogen and oxygen atoms in total. The number of methoxy groups -OCH3 is 1. The lowest BCUT2D eigenvalue weighted by Crippen LogP contribution is -2.37. The van der Waals surface area contributed by atoms with E-state index in [9.17, 15) is 14.7 Å². The lowest BCUT2D eigenvalue weighted by Gasteiger charge is -2.37. The standard InChI is InChI=1S/C36H42N4O6/c1-20-8-10-30(45-13-12-22(3)35(41)42)26(16-20)18-27-17-25(9-11-29(27)44-7)33-38-34-31(28(37-6)19-40(34)39-33)36(43)46-32-23(4)14-21(2)15-24(32)5/h8-11,16-17,19,21-24,32H,12-15,18H2,1-5,7H3,(H,38,39)(H,41,42). The van der Waals surface area contributed by atoms with E-state index in [1.807, 2.05) is 37.3 Å². The predicted octanol–water partition coefficient (Wildman–Crippen LogP) is 7.51. The zero-order chi connectivity index (χ0) is 33.1. The summed E-state index contributed by atoms with van der Waals surface area (Å²) in [5, 5.41) is 12.4. The summed E-state index contributed by atoms with van der Waals surface area (Å²) in [7, 11) is 1.62. The van der Waals surface area contributed by atoms with E-state index in [0.29, 0.717) is 41.7 Å². The van der Waals surface area contributed by atoms with Gasteiger partial charge in [0.2, 0.25) is 5.69 Å². The summed E-state index contributed by atoms with van der Waals surface area (Å²) in [5.74, 6) is 1.10. The van der Waals surface area contributed by atoms with Crippen LogP contribution in [0.4, 0.5) is 5.69 Å². The summed E-state index contributed by atoms with van der Waals surface area (Å²) < 4.78 is 19.4. The number of esters is 1. The van der Waals surface area contributed by atoms with Crippen molar-refractivity contribution in [3.8, 4) is 22.9 Å². The Kier molecular flexibility index (Phi) is 9.71. The Bertz CT molecular complexity index is 1770. The second-order valence-electron chi connectivity index (χ2n) is 12.9. The van der Waals surface area contributed by atoms with E-state index in [2.05, 4.69) is 36.8 Å². The molecule has 0 bridgehead atoms. The molecule has 0 aliphatic heterocycles. The molecule has 1 aliphatic rings. The molecule has 0 radical (unpaired) electrons. The highest BCUT2D eigenvalue weighted by Crippen LogP contribution is 2.37. The van der Waals surface area contributed by atoms with Crippen molar-refractivity contribution < 1.29 is 28.9 Å². The van der Waals surface area contributed by atoms with Crippen molar-refractivity contribution in [1.82, 2.24) is 14.6 Å². The smallest absolute Gasteiger partial charge is 0.331 e. The molecule has 0 saturated heterocycles. The van der Waals surface area contributed by atoms with Gasteiger partial charge in [0.15, 0.2) is 11.5 Å². The number of fused-ring (bicyclic) bond motifs is 1. The van der Waals surface area contributed by atoms with Crippen LogP contribution in [0.5, 0.6) is 11.5 Å². The quantitative estimate of drug-likeness (QED) is 0.131. The zero-order valence-corrected chi connectivity index (χ0v) is 27.3. The monoisotopic (exact) mass is 626 g/mol. The van der Waals surface area contributed by atoms with Gasteiger partial charge in [-0.2, -0.15) is 0 Å². The molecule has 4 aromatic rings. The number of ether oxygens (including phenoxy) is 3. The predicted molar refractivity (Wildman–Crippen MR) is 175 cm³/mol. The minimum Gasteiger partial charge on any atom is -0.496 e. The Morgan fingerprint density at radius 1 is 1.11 bits per heavy atom. The average molecular weight is 627 g/mol. The van der Waals surface area contributed by atoms with Gasteiger partial charge in [-0.15, -0.1) is 0 Å². The molecule has 3 unspecified atom stereocenters. The molecule has 0 amide bonds. The number of benzene rings is 2. The second kappa shape index (κ2) is 13.7. The van der Waals surface area contributed by atoms with Crippen LogP contribution in [0.2, 0.25) is 0 Å². The Labute approximate surface area is 269 Å². The van der Waals surface area contributed by atoms with E-state index in [0.717, 1.165) is 35.1 Å². The minimum atomic E-state index is -0.846. The number of nitrogens with one attached hydrogen (secondary N) is 1. The number of rotatable bonds is 11. The van der Waals surface area contributed by atoms with Gasteiger partial charge in [0.1, 0.15) is 23.2 Å². The number of aryl methyl sites for hydroxylation is 1. The Hall–Kier alpha value is -4.78. The number of carboxylic acid groups (broad SMARTS) is 1. The Morgan fingerprint density at radius 2 is 1.80 bits per heavy atom. The van der Waals surface area contributed by atoms with E-state index in [4.69, 9.17) is 25.8 Å². The molecule has 1 saturated carbocycles. The third kappa shape index (κ3) is 6.89. The molecule has 2 aromatic heterocycles. The largest absolute Gasteiger partial charge is 0.496 e. The first-order valence-electron chi connectivity index (χ1n) is 15.8. The average Bonchev–Trinajstić information content (AvgIpc) is 3.57. The first kappa shape index (κ1) is 32.6. The van der Waals surface area contributed by atoms with E-state index < -0.39 is 17.9 Å². The maximum atomic E-state index is 13.5. The molecule has 5 rings (SSSR count). The summed E-state index contributed by atoms with van der Waals surface area (Å²) >= 11 is 0. The van der Waals surface area contributed by atoms with Crippen LogP contribution in [0, 0.1) is 37.2 Å². The molecule has 3 atom stereocenters. The van der Waals surface area contributed by atoms with Gasteiger partial charge in [-0.1, -0.05) is 45.4 Å². The van der Waals surface area contributed by atoms with Crippen LogP contribution < -0.4 is 9.47 Å². The summed E-state index contributed by atoms with van der Waals surface area (Å²) in [6.45, 7) is 18.1. The lowest BCUT2D eigenvalue weighted by atomic mass is 9.75. The summed E-state index contributed by atoms with van der Waals surface area (Å²) in [5.41, 5.74) is 4.39. The van der Waals surface area contributed by atoms with Crippen molar-refractivity contribution >= 4 is 23.3 Å². The molecule has 10 heteroatoms. The number of carbonyl (C=O) groups is 2. The van der Waals surface area contributed by atoms with E-state index in [1.165, 1.54) is 0 Å². The number of carbonyl (C=O) groups excluding carboxylic acids is 1. The number of aliphatic carboxylic acids is 1. The number of hydrogen-bond donors (Lipinski definition) is 2. The maximum absolute atomic E-state index is 13.5. The van der Waals surface area contributed by atoms with Crippen LogP contribution in [0.1, 0.15) is 74.0 Å². The molecule has 2 N–H and O–H groups in total. The van der Waals surface area contributed by atoms with Gasteiger partial charge < -0.3 is 19.3 Å². The van der Waals surface area contributed by atoms with Gasteiger partial charge in [0.05, 0.1) is 26.2 Å². The van der Waals surface area contributed by atoms with Crippen molar-refractivity contribution in [1.29, 1.82) is 0 Å². The van der Waals surface area contributed by atoms with Gasteiger partial charge >= 0.3 is 11.9 Å². The van der Waals surface area contributed by atoms with Crippen LogP contribution in [-0.4, -0.2) is 51.5 Å². The fourth-order valence-corrected chi connectivity index (χ4v) is 6.67. The topological polar surface area (TPSA) is 120 Å². The molecule has 2 heterocycles. The molecule has 1 aliphatic carbocycles. The van der Waals surface area contributed by atoms with Crippen molar-refractivity contribution in [2.45, 2.75) is 66.4 Å². The summed E-state index contributed by atoms with van der Waals surface area (Å²) in [4.78, 5) is 33.1. The second-order valence-corrected chi connectivity index (χ2v) is 12.9. The third-order valence-corrected chi connectivity index (χ3v) is 9.02. The Morgan fingerprint density at radius 3 is 2.48 bits per heavy atom. The normalized spacial score (nSPS) is 20.2. The van der Waals surface area contributed by atoms with Crippen LogP contribution in [0.3, 0.4) is 0 Å². The molecule has 242 valence electrons. The van der Waals surface area contributed by atoms with Gasteiger partial charge in [0, 0.05) is 18.2 Å². The first-order chi connectivity index (χ1) is 22.0. The number of nitrogens with zero attached hydrogens (tertiary/aromatic N) is 3.